The zero-order valence-corrected chi connectivity index (χ0v) is 20.0. The van der Waals surface area contributed by atoms with E-state index in [-0.39, 0.29) is 24.5 Å². The lowest BCUT2D eigenvalue weighted by atomic mass is 10.1. The third-order valence-electron chi connectivity index (χ3n) is 5.34. The van der Waals surface area contributed by atoms with Gasteiger partial charge in [-0.2, -0.15) is 0 Å². The molecule has 2 aromatic carbocycles. The van der Waals surface area contributed by atoms with Crippen LogP contribution in [-0.4, -0.2) is 35.4 Å². The van der Waals surface area contributed by atoms with Gasteiger partial charge in [-0.3, -0.25) is 9.59 Å². The van der Waals surface area contributed by atoms with Crippen LogP contribution in [0.15, 0.2) is 46.9 Å². The van der Waals surface area contributed by atoms with Gasteiger partial charge in [0.15, 0.2) is 6.61 Å². The number of carbonyl (C=O) groups is 2. The van der Waals surface area contributed by atoms with Crippen molar-refractivity contribution in [2.75, 3.05) is 6.61 Å². The van der Waals surface area contributed by atoms with Gasteiger partial charge >= 0.3 is 0 Å². The molecular weight excluding hydrogens is 444 g/mol. The second-order valence-corrected chi connectivity index (χ2v) is 8.54. The van der Waals surface area contributed by atoms with Crippen LogP contribution < -0.4 is 10.1 Å². The van der Waals surface area contributed by atoms with Gasteiger partial charge in [0, 0.05) is 17.1 Å². The number of carbonyl (C=O) groups excluding carboxylic acids is 2. The molecule has 1 N–H and O–H groups in total. The van der Waals surface area contributed by atoms with Crippen LogP contribution in [0.4, 0.5) is 0 Å². The van der Waals surface area contributed by atoms with Crippen molar-refractivity contribution in [1.82, 2.24) is 10.2 Å². The standard InChI is InChI=1S/C24H31BrN2O3/c1-6-17(3)26-24(29)19(5)27(14-20-10-12-21(25)13-11-20)23(28)15-30-22-9-7-8-16(2)18(22)4/h7-13,17,19H,6,14-15H2,1-5H3,(H,26,29)/t17-,19+/m1/s1. The third kappa shape index (κ3) is 6.59. The summed E-state index contributed by atoms with van der Waals surface area (Å²) < 4.78 is 6.78. The van der Waals surface area contributed by atoms with E-state index >= 15 is 0 Å². The SMILES string of the molecule is CC[C@@H](C)NC(=O)[C@H](C)N(Cc1ccc(Br)cc1)C(=O)COc1cccc(C)c1C. The van der Waals surface area contributed by atoms with Crippen molar-refractivity contribution in [3.63, 3.8) is 0 Å². The van der Waals surface area contributed by atoms with Gasteiger partial charge in [-0.1, -0.05) is 47.1 Å². The predicted octanol–water partition coefficient (Wildman–Crippen LogP) is 4.78. The highest BCUT2D eigenvalue weighted by Gasteiger charge is 2.27. The number of rotatable bonds is 9. The average molecular weight is 475 g/mol. The molecule has 0 aliphatic heterocycles. The van der Waals surface area contributed by atoms with Crippen molar-refractivity contribution in [1.29, 1.82) is 0 Å². The van der Waals surface area contributed by atoms with Gasteiger partial charge in [0.1, 0.15) is 11.8 Å². The molecule has 0 aliphatic carbocycles. The summed E-state index contributed by atoms with van der Waals surface area (Å²) in [7, 11) is 0. The number of benzene rings is 2. The summed E-state index contributed by atoms with van der Waals surface area (Å²) in [6.45, 7) is 9.90. The molecule has 0 saturated carbocycles. The first-order chi connectivity index (χ1) is 14.2. The fourth-order valence-electron chi connectivity index (χ4n) is 2.94. The monoisotopic (exact) mass is 474 g/mol. The molecule has 0 saturated heterocycles. The van der Waals surface area contributed by atoms with Crippen molar-refractivity contribution in [2.24, 2.45) is 0 Å². The molecule has 0 heterocycles. The number of hydrogen-bond donors (Lipinski definition) is 1. The van der Waals surface area contributed by atoms with Gasteiger partial charge in [-0.25, -0.2) is 0 Å². The Hall–Kier alpha value is -2.34. The first kappa shape index (κ1) is 23.9. The molecule has 6 heteroatoms. The third-order valence-corrected chi connectivity index (χ3v) is 5.87. The molecule has 0 fully saturated rings. The first-order valence-corrected chi connectivity index (χ1v) is 11.1. The molecule has 0 radical (unpaired) electrons. The van der Waals surface area contributed by atoms with Crippen LogP contribution in [0.2, 0.25) is 0 Å². The van der Waals surface area contributed by atoms with Crippen molar-refractivity contribution in [3.05, 3.63) is 63.6 Å². The lowest BCUT2D eigenvalue weighted by Gasteiger charge is -2.29. The van der Waals surface area contributed by atoms with Crippen molar-refractivity contribution < 1.29 is 14.3 Å². The first-order valence-electron chi connectivity index (χ1n) is 10.3. The quantitative estimate of drug-likeness (QED) is 0.568. The lowest BCUT2D eigenvalue weighted by molar-refractivity contribution is -0.142. The number of halogens is 1. The van der Waals surface area contributed by atoms with Gasteiger partial charge in [0.05, 0.1) is 0 Å². The number of amides is 2. The van der Waals surface area contributed by atoms with Crippen LogP contribution in [0.1, 0.15) is 43.9 Å². The second-order valence-electron chi connectivity index (χ2n) is 7.63. The van der Waals surface area contributed by atoms with E-state index in [1.165, 1.54) is 0 Å². The van der Waals surface area contributed by atoms with Gasteiger partial charge < -0.3 is 15.0 Å². The largest absolute Gasteiger partial charge is 0.483 e. The molecule has 30 heavy (non-hydrogen) atoms. The molecule has 5 nitrogen and oxygen atoms in total. The molecule has 2 amide bonds. The Morgan fingerprint density at radius 1 is 1.10 bits per heavy atom. The normalized spacial score (nSPS) is 12.7. The minimum Gasteiger partial charge on any atom is -0.483 e. The molecule has 2 aromatic rings. The summed E-state index contributed by atoms with van der Waals surface area (Å²) in [5.41, 5.74) is 3.06. The van der Waals surface area contributed by atoms with Gasteiger partial charge in [-0.05, 0) is 69.0 Å². The van der Waals surface area contributed by atoms with E-state index in [1.807, 2.05) is 70.2 Å². The summed E-state index contributed by atoms with van der Waals surface area (Å²) in [5.74, 6) is 0.288. The maximum absolute atomic E-state index is 13.1. The molecule has 2 rings (SSSR count). The molecule has 0 aromatic heterocycles. The number of nitrogens with zero attached hydrogens (tertiary/aromatic N) is 1. The lowest BCUT2D eigenvalue weighted by Crippen LogP contribution is -2.50. The number of nitrogens with one attached hydrogen (secondary N) is 1. The van der Waals surface area contributed by atoms with Crippen LogP contribution in [0.5, 0.6) is 5.75 Å². The highest BCUT2D eigenvalue weighted by Crippen LogP contribution is 2.21. The number of hydrogen-bond acceptors (Lipinski definition) is 3. The van der Waals surface area contributed by atoms with E-state index in [1.54, 1.807) is 11.8 Å². The zero-order valence-electron chi connectivity index (χ0n) is 18.4. The van der Waals surface area contributed by atoms with Gasteiger partial charge in [0.25, 0.3) is 5.91 Å². The minimum atomic E-state index is -0.614. The van der Waals surface area contributed by atoms with Crippen LogP contribution >= 0.6 is 15.9 Å². The maximum atomic E-state index is 13.1. The Labute approximate surface area is 187 Å². The van der Waals surface area contributed by atoms with E-state index in [0.717, 1.165) is 27.6 Å². The molecule has 0 bridgehead atoms. The second kappa shape index (κ2) is 11.2. The summed E-state index contributed by atoms with van der Waals surface area (Å²) in [6.07, 6.45) is 0.828. The molecule has 2 atom stereocenters. The fraction of sp³-hybridized carbons (Fsp3) is 0.417. The Kier molecular flexibility index (Phi) is 8.90. The highest BCUT2D eigenvalue weighted by atomic mass is 79.9. The highest BCUT2D eigenvalue weighted by molar-refractivity contribution is 9.10. The molecule has 0 unspecified atom stereocenters. The Morgan fingerprint density at radius 2 is 1.77 bits per heavy atom. The van der Waals surface area contributed by atoms with E-state index in [0.29, 0.717) is 12.3 Å². The fourth-order valence-corrected chi connectivity index (χ4v) is 3.20. The minimum absolute atomic E-state index is 0.0516. The Morgan fingerprint density at radius 3 is 2.40 bits per heavy atom. The summed E-state index contributed by atoms with van der Waals surface area (Å²) >= 11 is 3.43. The molecule has 0 aliphatic rings. The topological polar surface area (TPSA) is 58.6 Å². The van der Waals surface area contributed by atoms with Crippen LogP contribution in [0.3, 0.4) is 0 Å². The molecule has 0 spiro atoms. The van der Waals surface area contributed by atoms with Crippen molar-refractivity contribution >= 4 is 27.7 Å². The smallest absolute Gasteiger partial charge is 0.261 e. The average Bonchev–Trinajstić information content (AvgIpc) is 2.73. The number of aryl methyl sites for hydroxylation is 1. The van der Waals surface area contributed by atoms with Crippen LogP contribution in [0, 0.1) is 13.8 Å². The Bertz CT molecular complexity index is 867. The number of ether oxygens (including phenoxy) is 1. The zero-order chi connectivity index (χ0) is 22.3. The maximum Gasteiger partial charge on any atom is 0.261 e. The van der Waals surface area contributed by atoms with Crippen LogP contribution in [0.25, 0.3) is 0 Å². The Balaban J connectivity index is 2.17. The van der Waals surface area contributed by atoms with E-state index in [4.69, 9.17) is 4.74 Å². The predicted molar refractivity (Wildman–Crippen MR) is 123 cm³/mol. The molecular formula is C24H31BrN2O3. The summed E-state index contributed by atoms with van der Waals surface area (Å²) in [6, 6.07) is 12.9. The van der Waals surface area contributed by atoms with E-state index in [9.17, 15) is 9.59 Å². The van der Waals surface area contributed by atoms with E-state index in [2.05, 4.69) is 21.2 Å². The van der Waals surface area contributed by atoms with Crippen molar-refractivity contribution in [3.8, 4) is 5.75 Å². The van der Waals surface area contributed by atoms with Gasteiger partial charge in [0.2, 0.25) is 5.91 Å². The van der Waals surface area contributed by atoms with Gasteiger partial charge in [-0.15, -0.1) is 0 Å². The molecule has 162 valence electrons. The summed E-state index contributed by atoms with van der Waals surface area (Å²) in [5, 5.41) is 2.97. The summed E-state index contributed by atoms with van der Waals surface area (Å²) in [4.78, 5) is 27.4. The van der Waals surface area contributed by atoms with Crippen LogP contribution in [-0.2, 0) is 16.1 Å². The van der Waals surface area contributed by atoms with E-state index < -0.39 is 6.04 Å². The van der Waals surface area contributed by atoms with Crippen molar-refractivity contribution in [2.45, 2.75) is 59.7 Å².